The van der Waals surface area contributed by atoms with E-state index in [0.717, 1.165) is 42.2 Å². The fourth-order valence-electron chi connectivity index (χ4n) is 2.19. The van der Waals surface area contributed by atoms with Crippen LogP contribution in [0, 0.1) is 0 Å². The molecular weight excluding hydrogens is 332 g/mol. The molecule has 2 rings (SSSR count). The molecule has 0 atom stereocenters. The van der Waals surface area contributed by atoms with Gasteiger partial charge in [-0.15, -0.1) is 0 Å². The molecule has 0 bridgehead atoms. The zero-order chi connectivity index (χ0) is 13.8. The van der Waals surface area contributed by atoms with Gasteiger partial charge in [0.05, 0.1) is 11.6 Å². The molecule has 104 valence electrons. The topological polar surface area (TPSA) is 43.8 Å². The summed E-state index contributed by atoms with van der Waals surface area (Å²) in [6, 6.07) is 5.95. The summed E-state index contributed by atoms with van der Waals surface area (Å²) in [5.74, 6) is -0.755. The van der Waals surface area contributed by atoms with Gasteiger partial charge < -0.3 is 5.11 Å². The highest BCUT2D eigenvalue weighted by atomic mass is 79.9. The van der Waals surface area contributed by atoms with Crippen molar-refractivity contribution >= 4 is 33.5 Å². The summed E-state index contributed by atoms with van der Waals surface area (Å²) < 4.78 is 0.913. The Kier molecular flexibility index (Phi) is 5.21. The van der Waals surface area contributed by atoms with E-state index in [-0.39, 0.29) is 6.54 Å². The van der Waals surface area contributed by atoms with Gasteiger partial charge in [-0.2, -0.15) is 0 Å². The summed E-state index contributed by atoms with van der Waals surface area (Å²) in [5, 5.41) is 9.47. The molecule has 4 nitrogen and oxygen atoms in total. The van der Waals surface area contributed by atoms with Crippen LogP contribution in [0.4, 0.5) is 0 Å². The third-order valence-electron chi connectivity index (χ3n) is 3.21. The van der Waals surface area contributed by atoms with E-state index in [1.807, 2.05) is 23.1 Å². The van der Waals surface area contributed by atoms with Gasteiger partial charge in [0.2, 0.25) is 0 Å². The molecule has 0 radical (unpaired) electrons. The summed E-state index contributed by atoms with van der Waals surface area (Å²) in [6.45, 7) is 4.42. The number of benzene rings is 1. The largest absolute Gasteiger partial charge is 0.480 e. The predicted molar refractivity (Wildman–Crippen MR) is 78.5 cm³/mol. The lowest BCUT2D eigenvalue weighted by molar-refractivity contribution is -0.138. The Balaban J connectivity index is 1.85. The number of hydrogen-bond acceptors (Lipinski definition) is 3. The van der Waals surface area contributed by atoms with E-state index in [2.05, 4.69) is 20.8 Å². The lowest BCUT2D eigenvalue weighted by Crippen LogP contribution is -2.47. The molecule has 1 aromatic carbocycles. The summed E-state index contributed by atoms with van der Waals surface area (Å²) in [7, 11) is 0. The highest BCUT2D eigenvalue weighted by Gasteiger charge is 2.18. The van der Waals surface area contributed by atoms with Crippen LogP contribution in [-0.4, -0.2) is 53.6 Å². The van der Waals surface area contributed by atoms with Gasteiger partial charge in [0.15, 0.2) is 0 Å². The van der Waals surface area contributed by atoms with E-state index in [0.29, 0.717) is 0 Å². The van der Waals surface area contributed by atoms with Crippen LogP contribution in [0.3, 0.4) is 0 Å². The number of carbonyl (C=O) groups is 1. The maximum absolute atomic E-state index is 10.6. The zero-order valence-electron chi connectivity index (χ0n) is 10.5. The van der Waals surface area contributed by atoms with Crippen molar-refractivity contribution in [2.75, 3.05) is 32.7 Å². The van der Waals surface area contributed by atoms with E-state index in [1.165, 1.54) is 5.56 Å². The first-order valence-electron chi connectivity index (χ1n) is 6.15. The van der Waals surface area contributed by atoms with Crippen LogP contribution < -0.4 is 0 Å². The van der Waals surface area contributed by atoms with Crippen LogP contribution in [0.2, 0.25) is 5.02 Å². The van der Waals surface area contributed by atoms with E-state index in [9.17, 15) is 4.79 Å². The van der Waals surface area contributed by atoms with Gasteiger partial charge in [-0.25, -0.2) is 0 Å². The second-order valence-corrected chi connectivity index (χ2v) is 5.96. The second kappa shape index (κ2) is 6.70. The fraction of sp³-hybridized carbons (Fsp3) is 0.462. The standard InChI is InChI=1S/C13H16BrClN2O2/c14-11-7-10(1-2-12(11)15)8-16-3-5-17(6-4-16)9-13(18)19/h1-2,7H,3-6,8-9H2,(H,18,19). The smallest absolute Gasteiger partial charge is 0.317 e. The van der Waals surface area contributed by atoms with Crippen molar-refractivity contribution in [2.45, 2.75) is 6.54 Å². The SMILES string of the molecule is O=C(O)CN1CCN(Cc2ccc(Cl)c(Br)c2)CC1. The third-order valence-corrected chi connectivity index (χ3v) is 4.43. The molecule has 1 N–H and O–H groups in total. The number of piperazine rings is 1. The fourth-order valence-corrected chi connectivity index (χ4v) is 2.74. The minimum absolute atomic E-state index is 0.139. The number of carboxylic acid groups (broad SMARTS) is 1. The average molecular weight is 348 g/mol. The van der Waals surface area contributed by atoms with Gasteiger partial charge in [-0.1, -0.05) is 17.7 Å². The van der Waals surface area contributed by atoms with Crippen molar-refractivity contribution in [3.63, 3.8) is 0 Å². The summed E-state index contributed by atoms with van der Waals surface area (Å²) in [5.41, 5.74) is 1.21. The number of rotatable bonds is 4. The second-order valence-electron chi connectivity index (χ2n) is 4.69. The van der Waals surface area contributed by atoms with Crippen LogP contribution in [-0.2, 0) is 11.3 Å². The van der Waals surface area contributed by atoms with Crippen molar-refractivity contribution in [3.05, 3.63) is 33.3 Å². The molecule has 0 amide bonds. The van der Waals surface area contributed by atoms with Crippen molar-refractivity contribution in [1.29, 1.82) is 0 Å². The Hall–Kier alpha value is -0.620. The molecule has 19 heavy (non-hydrogen) atoms. The summed E-state index contributed by atoms with van der Waals surface area (Å²) in [6.07, 6.45) is 0. The molecule has 0 aromatic heterocycles. The molecule has 1 fully saturated rings. The molecule has 1 aliphatic rings. The van der Waals surface area contributed by atoms with Gasteiger partial charge in [0, 0.05) is 37.2 Å². The van der Waals surface area contributed by atoms with Crippen LogP contribution in [0.15, 0.2) is 22.7 Å². The molecule has 1 heterocycles. The van der Waals surface area contributed by atoms with E-state index in [1.54, 1.807) is 0 Å². The monoisotopic (exact) mass is 346 g/mol. The van der Waals surface area contributed by atoms with Crippen molar-refractivity contribution in [3.8, 4) is 0 Å². The minimum Gasteiger partial charge on any atom is -0.480 e. The Bertz CT molecular complexity index is 462. The van der Waals surface area contributed by atoms with E-state index < -0.39 is 5.97 Å². The number of carboxylic acids is 1. The Morgan fingerprint density at radius 3 is 2.47 bits per heavy atom. The van der Waals surface area contributed by atoms with Crippen LogP contribution >= 0.6 is 27.5 Å². The third kappa shape index (κ3) is 4.45. The highest BCUT2D eigenvalue weighted by Crippen LogP contribution is 2.24. The maximum atomic E-state index is 10.6. The molecule has 0 spiro atoms. The first-order valence-corrected chi connectivity index (χ1v) is 7.32. The van der Waals surface area contributed by atoms with Crippen molar-refractivity contribution < 1.29 is 9.90 Å². The first-order chi connectivity index (χ1) is 9.04. The van der Waals surface area contributed by atoms with Crippen molar-refractivity contribution in [2.24, 2.45) is 0 Å². The first kappa shape index (κ1) is 14.8. The van der Waals surface area contributed by atoms with Gasteiger partial charge in [-0.3, -0.25) is 14.6 Å². The minimum atomic E-state index is -0.755. The van der Waals surface area contributed by atoms with Gasteiger partial charge >= 0.3 is 5.97 Å². The summed E-state index contributed by atoms with van der Waals surface area (Å²) in [4.78, 5) is 14.9. The van der Waals surface area contributed by atoms with Crippen molar-refractivity contribution in [1.82, 2.24) is 9.80 Å². The number of nitrogens with zero attached hydrogens (tertiary/aromatic N) is 2. The average Bonchev–Trinajstić information content (AvgIpc) is 2.36. The van der Waals surface area contributed by atoms with Gasteiger partial charge in [0.25, 0.3) is 0 Å². The summed E-state index contributed by atoms with van der Waals surface area (Å²) >= 11 is 9.39. The highest BCUT2D eigenvalue weighted by molar-refractivity contribution is 9.10. The van der Waals surface area contributed by atoms with Crippen LogP contribution in [0.5, 0.6) is 0 Å². The molecular formula is C13H16BrClN2O2. The molecule has 1 aromatic rings. The predicted octanol–water partition coefficient (Wildman–Crippen LogP) is 2.30. The number of aliphatic carboxylic acids is 1. The number of hydrogen-bond donors (Lipinski definition) is 1. The molecule has 0 saturated carbocycles. The molecule has 0 aliphatic carbocycles. The number of halogens is 2. The van der Waals surface area contributed by atoms with E-state index in [4.69, 9.17) is 16.7 Å². The Morgan fingerprint density at radius 1 is 1.26 bits per heavy atom. The molecule has 0 unspecified atom stereocenters. The van der Waals surface area contributed by atoms with Gasteiger partial charge in [0.1, 0.15) is 0 Å². The maximum Gasteiger partial charge on any atom is 0.317 e. The molecule has 6 heteroatoms. The van der Waals surface area contributed by atoms with Crippen LogP contribution in [0.25, 0.3) is 0 Å². The lowest BCUT2D eigenvalue weighted by atomic mass is 10.2. The van der Waals surface area contributed by atoms with Gasteiger partial charge in [-0.05, 0) is 33.6 Å². The van der Waals surface area contributed by atoms with Crippen LogP contribution in [0.1, 0.15) is 5.56 Å². The lowest BCUT2D eigenvalue weighted by Gasteiger charge is -2.33. The molecule has 1 aliphatic heterocycles. The normalized spacial score (nSPS) is 17.6. The molecule has 1 saturated heterocycles. The quantitative estimate of drug-likeness (QED) is 0.908. The zero-order valence-corrected chi connectivity index (χ0v) is 12.8. The van der Waals surface area contributed by atoms with E-state index >= 15 is 0 Å². The Labute approximate surface area is 126 Å². The Morgan fingerprint density at radius 2 is 1.89 bits per heavy atom.